The van der Waals surface area contributed by atoms with E-state index < -0.39 is 110 Å². The Bertz CT molecular complexity index is 1740. The van der Waals surface area contributed by atoms with E-state index in [1.165, 1.54) is 37.4 Å². The second-order valence-electron chi connectivity index (χ2n) is 11.3. The number of aliphatic carboxylic acids is 1. The topological polar surface area (TPSA) is 302 Å². The van der Waals surface area contributed by atoms with Crippen LogP contribution in [0.5, 0.6) is 23.0 Å². The van der Waals surface area contributed by atoms with E-state index in [9.17, 15) is 55.2 Å². The van der Waals surface area contributed by atoms with Crippen LogP contribution in [0.3, 0.4) is 0 Å². The molecule has 0 amide bonds. The third-order valence-corrected chi connectivity index (χ3v) is 7.97. The Balaban J connectivity index is 1.49. The number of benzene rings is 2. The number of aliphatic hydroxyl groups excluding tert-OH is 7. The first-order valence-corrected chi connectivity index (χ1v) is 14.9. The molecule has 0 saturated carbocycles. The Kier molecular flexibility index (Phi) is 11.1. The van der Waals surface area contributed by atoms with Gasteiger partial charge in [-0.15, -0.1) is 0 Å². The molecule has 2 saturated heterocycles. The Labute approximate surface area is 280 Å². The van der Waals surface area contributed by atoms with Gasteiger partial charge in [-0.05, 0) is 24.3 Å². The highest BCUT2D eigenvalue weighted by Crippen LogP contribution is 2.38. The van der Waals surface area contributed by atoms with Crippen molar-refractivity contribution in [1.82, 2.24) is 0 Å². The van der Waals surface area contributed by atoms with Gasteiger partial charge in [0.15, 0.2) is 5.76 Å². The van der Waals surface area contributed by atoms with Crippen LogP contribution in [0.15, 0.2) is 45.6 Å². The van der Waals surface area contributed by atoms with E-state index in [2.05, 4.69) is 0 Å². The molecule has 1 aromatic heterocycles. The molecule has 3 heterocycles. The lowest BCUT2D eigenvalue weighted by atomic mass is 9.99. The highest BCUT2D eigenvalue weighted by atomic mass is 16.7. The Hall–Kier alpha value is -4.57. The van der Waals surface area contributed by atoms with Crippen molar-refractivity contribution in [2.45, 2.75) is 67.8 Å². The number of phenolic OH excluding ortho intramolecular Hbond substituents is 1. The lowest BCUT2D eigenvalue weighted by Gasteiger charge is -2.39. The molecular formula is C31H34O19. The number of aromatic hydroxyl groups is 1. The number of hydrogen-bond donors (Lipinski definition) is 9. The molecule has 0 bridgehead atoms. The van der Waals surface area contributed by atoms with Gasteiger partial charge in [-0.1, -0.05) is 0 Å². The van der Waals surface area contributed by atoms with Gasteiger partial charge in [-0.3, -0.25) is 14.4 Å². The summed E-state index contributed by atoms with van der Waals surface area (Å²) in [6.45, 7) is -1.45. The predicted octanol–water partition coefficient (Wildman–Crippen LogP) is -2.44. The summed E-state index contributed by atoms with van der Waals surface area (Å²) in [5.74, 6) is -4.05. The predicted molar refractivity (Wildman–Crippen MR) is 161 cm³/mol. The molecule has 0 aliphatic carbocycles. The smallest absolute Gasteiger partial charge is 0.317 e. The fourth-order valence-electron chi connectivity index (χ4n) is 5.27. The summed E-state index contributed by atoms with van der Waals surface area (Å²) < 4.78 is 38.2. The zero-order chi connectivity index (χ0) is 36.4. The van der Waals surface area contributed by atoms with Crippen molar-refractivity contribution in [3.8, 4) is 34.3 Å². The molecule has 2 aliphatic rings. The van der Waals surface area contributed by atoms with Gasteiger partial charge < -0.3 is 78.8 Å². The number of methoxy groups -OCH3 is 1. The molecule has 19 nitrogen and oxygen atoms in total. The number of carboxylic acid groups (broad SMARTS) is 1. The first kappa shape index (κ1) is 36.7. The number of phenols is 1. The minimum atomic E-state index is -2.00. The Morgan fingerprint density at radius 2 is 1.40 bits per heavy atom. The van der Waals surface area contributed by atoms with Gasteiger partial charge >= 0.3 is 11.9 Å². The number of carbonyl (C=O) groups excluding carboxylic acids is 1. The van der Waals surface area contributed by atoms with Crippen LogP contribution in [-0.2, 0) is 23.8 Å². The largest absolute Gasteiger partial charge is 0.507 e. The Morgan fingerprint density at radius 3 is 2.00 bits per heavy atom. The van der Waals surface area contributed by atoms with Gasteiger partial charge in [0.2, 0.25) is 23.8 Å². The van der Waals surface area contributed by atoms with Crippen LogP contribution >= 0.6 is 0 Å². The maximum absolute atomic E-state index is 13.9. The van der Waals surface area contributed by atoms with Crippen molar-refractivity contribution in [3.63, 3.8) is 0 Å². The second-order valence-corrected chi connectivity index (χ2v) is 11.3. The van der Waals surface area contributed by atoms with Crippen LogP contribution < -0.4 is 19.6 Å². The van der Waals surface area contributed by atoms with Crippen LogP contribution in [0.2, 0.25) is 0 Å². The highest BCUT2D eigenvalue weighted by Gasteiger charge is 2.47. The van der Waals surface area contributed by atoms with Crippen LogP contribution in [0, 0.1) is 0 Å². The summed E-state index contributed by atoms with van der Waals surface area (Å²) in [6.07, 6.45) is -18.1. The normalized spacial score (nSPS) is 29.7. The lowest BCUT2D eigenvalue weighted by Crippen LogP contribution is -2.60. The number of rotatable bonds is 11. The second kappa shape index (κ2) is 15.1. The molecule has 5 rings (SSSR count). The average Bonchev–Trinajstić information content (AvgIpc) is 3.08. The molecule has 2 aliphatic heterocycles. The van der Waals surface area contributed by atoms with Crippen LogP contribution in [-0.4, -0.2) is 140 Å². The maximum atomic E-state index is 13.9. The maximum Gasteiger partial charge on any atom is 0.317 e. The quantitative estimate of drug-likeness (QED) is 0.0737. The van der Waals surface area contributed by atoms with Crippen LogP contribution in [0.1, 0.15) is 6.42 Å². The zero-order valence-corrected chi connectivity index (χ0v) is 26.0. The van der Waals surface area contributed by atoms with Crippen molar-refractivity contribution >= 4 is 22.9 Å². The van der Waals surface area contributed by atoms with E-state index in [0.717, 1.165) is 6.07 Å². The van der Waals surface area contributed by atoms with Crippen molar-refractivity contribution in [2.24, 2.45) is 0 Å². The number of carbonyl (C=O) groups is 2. The van der Waals surface area contributed by atoms with E-state index in [1.54, 1.807) is 0 Å². The molecule has 0 radical (unpaired) electrons. The summed E-state index contributed by atoms with van der Waals surface area (Å²) in [7, 11) is 1.31. The number of esters is 1. The van der Waals surface area contributed by atoms with E-state index in [0.29, 0.717) is 0 Å². The minimum Gasteiger partial charge on any atom is -0.507 e. The summed E-state index contributed by atoms with van der Waals surface area (Å²) in [5.41, 5.74) is -1.03. The summed E-state index contributed by atoms with van der Waals surface area (Å²) in [5, 5.41) is 90.6. The highest BCUT2D eigenvalue weighted by molar-refractivity contribution is 5.90. The van der Waals surface area contributed by atoms with Gasteiger partial charge in [-0.25, -0.2) is 0 Å². The molecular weight excluding hydrogens is 676 g/mol. The molecule has 50 heavy (non-hydrogen) atoms. The molecule has 9 N–H and O–H groups in total. The molecule has 0 unspecified atom stereocenters. The van der Waals surface area contributed by atoms with Gasteiger partial charge in [0.05, 0.1) is 13.7 Å². The number of hydrogen-bond acceptors (Lipinski definition) is 18. The third kappa shape index (κ3) is 7.45. The van der Waals surface area contributed by atoms with E-state index >= 15 is 0 Å². The first-order chi connectivity index (χ1) is 23.7. The molecule has 10 atom stereocenters. The number of carboxylic acids is 1. The van der Waals surface area contributed by atoms with Gasteiger partial charge in [0.25, 0.3) is 0 Å². The fraction of sp³-hybridized carbons (Fsp3) is 0.452. The standard InChI is InChI=1S/C31H34O19/c1-44-13-6-14(33)20-15(7-13)47-28(11-2-4-12(5-3-11)46-30-26(42)24(40)21(37)16(9-32)48-30)29(23(20)39)50-31-27(43)25(41)22(38)17(49-31)10-45-19(36)8-18(34)35/h2-7,16-17,21-22,24-27,30-33,37-38,40-43H,8-10H2,1H3,(H,34,35)/t16-,17-,21-,22-,24+,25+,26-,27-,30-,31+/m1/s1. The summed E-state index contributed by atoms with van der Waals surface area (Å²) in [4.78, 5) is 36.4. The number of fused-ring (bicyclic) bond motifs is 1. The Morgan fingerprint density at radius 1 is 0.800 bits per heavy atom. The molecule has 2 fully saturated rings. The monoisotopic (exact) mass is 710 g/mol. The fourth-order valence-corrected chi connectivity index (χ4v) is 5.27. The third-order valence-electron chi connectivity index (χ3n) is 7.97. The van der Waals surface area contributed by atoms with Crippen molar-refractivity contribution < 1.29 is 88.4 Å². The number of aliphatic hydroxyl groups is 7. The van der Waals surface area contributed by atoms with Crippen LogP contribution in [0.25, 0.3) is 22.3 Å². The van der Waals surface area contributed by atoms with E-state index in [1.807, 2.05) is 0 Å². The van der Waals surface area contributed by atoms with Crippen LogP contribution in [0.4, 0.5) is 0 Å². The molecule has 272 valence electrons. The lowest BCUT2D eigenvalue weighted by molar-refractivity contribution is -0.278. The number of ether oxygens (including phenoxy) is 6. The molecule has 3 aromatic rings. The average molecular weight is 711 g/mol. The van der Waals surface area contributed by atoms with Crippen molar-refractivity contribution in [3.05, 3.63) is 46.6 Å². The van der Waals surface area contributed by atoms with Crippen molar-refractivity contribution in [2.75, 3.05) is 20.3 Å². The van der Waals surface area contributed by atoms with Gasteiger partial charge in [-0.2, -0.15) is 0 Å². The zero-order valence-electron chi connectivity index (χ0n) is 26.0. The SMILES string of the molecule is COc1cc(O)c2c(=O)c(O[C@@H]3O[C@H](COC(=O)CC(=O)O)[C@@H](O)[C@H](O)[C@H]3O)c(-c3ccc(O[C@@H]4O[C@H](CO)[C@@H](O)[C@H](O)[C@H]4O)cc3)oc2c1. The summed E-state index contributed by atoms with van der Waals surface area (Å²) >= 11 is 0. The first-order valence-electron chi connectivity index (χ1n) is 14.9. The van der Waals surface area contributed by atoms with Crippen molar-refractivity contribution in [1.29, 1.82) is 0 Å². The molecule has 0 spiro atoms. The van der Waals surface area contributed by atoms with E-state index in [4.69, 9.17) is 37.9 Å². The summed E-state index contributed by atoms with van der Waals surface area (Å²) in [6, 6.07) is 7.81. The molecule has 2 aromatic carbocycles. The van der Waals surface area contributed by atoms with E-state index in [-0.39, 0.29) is 33.8 Å². The van der Waals surface area contributed by atoms with Gasteiger partial charge in [0.1, 0.15) is 90.1 Å². The molecule has 19 heteroatoms. The minimum absolute atomic E-state index is 0.0476. The van der Waals surface area contributed by atoms with Gasteiger partial charge in [0, 0.05) is 17.7 Å².